The minimum Gasteiger partial charge on any atom is -0.364 e. The number of hydrogen-bond donors (Lipinski definition) is 0. The van der Waals surface area contributed by atoms with Gasteiger partial charge in [-0.15, -0.1) is 11.3 Å². The van der Waals surface area contributed by atoms with E-state index in [0.29, 0.717) is 0 Å². The van der Waals surface area contributed by atoms with Gasteiger partial charge in [0.1, 0.15) is 6.26 Å². The van der Waals surface area contributed by atoms with Gasteiger partial charge in [0.15, 0.2) is 4.34 Å². The summed E-state index contributed by atoms with van der Waals surface area (Å²) in [5.41, 5.74) is 1.87. The van der Waals surface area contributed by atoms with E-state index in [1.54, 1.807) is 29.4 Å². The summed E-state index contributed by atoms with van der Waals surface area (Å²) in [6, 6.07) is 7.62. The van der Waals surface area contributed by atoms with Crippen LogP contribution in [0.5, 0.6) is 0 Å². The number of halogens is 1. The molecule has 3 rings (SSSR count). The minimum absolute atomic E-state index is 0.718. The molecule has 0 spiro atoms. The Kier molecular flexibility index (Phi) is 3.05. The fourth-order valence-electron chi connectivity index (χ4n) is 1.39. The molecule has 2 heterocycles. The second kappa shape index (κ2) is 4.68. The predicted octanol–water partition coefficient (Wildman–Crippen LogP) is 4.23. The molecule has 0 bridgehead atoms. The minimum atomic E-state index is 0.718. The Balaban J connectivity index is 1.81. The Bertz CT molecular complexity index is 636. The number of rotatable bonds is 3. The lowest BCUT2D eigenvalue weighted by molar-refractivity contribution is 0.414. The molecule has 0 saturated carbocycles. The second-order valence-electron chi connectivity index (χ2n) is 3.37. The Morgan fingerprint density at radius 3 is 3.12 bits per heavy atom. The van der Waals surface area contributed by atoms with E-state index >= 15 is 0 Å². The lowest BCUT2D eigenvalue weighted by Crippen LogP contribution is -1.78. The molecule has 3 aromatic rings. The lowest BCUT2D eigenvalue weighted by Gasteiger charge is -1.90. The summed E-state index contributed by atoms with van der Waals surface area (Å²) >= 11 is 9.24. The SMILES string of the molecule is Clc1ccc2sc(SCc3ccon3)nc2c1. The number of aromatic nitrogens is 2. The van der Waals surface area contributed by atoms with Crippen LogP contribution in [0.25, 0.3) is 10.2 Å². The van der Waals surface area contributed by atoms with E-state index < -0.39 is 0 Å². The van der Waals surface area contributed by atoms with Crippen LogP contribution in [-0.2, 0) is 5.75 Å². The van der Waals surface area contributed by atoms with Crippen LogP contribution in [0.1, 0.15) is 5.69 Å². The van der Waals surface area contributed by atoms with E-state index in [2.05, 4.69) is 10.1 Å². The lowest BCUT2D eigenvalue weighted by atomic mass is 10.3. The predicted molar refractivity (Wildman–Crippen MR) is 70.7 cm³/mol. The van der Waals surface area contributed by atoms with Crippen molar-refractivity contribution in [3.63, 3.8) is 0 Å². The number of hydrogen-bond acceptors (Lipinski definition) is 5. The zero-order valence-electron chi connectivity index (χ0n) is 8.59. The summed E-state index contributed by atoms with van der Waals surface area (Å²) < 4.78 is 6.95. The maximum Gasteiger partial charge on any atom is 0.151 e. The molecule has 1 aromatic carbocycles. The van der Waals surface area contributed by atoms with Gasteiger partial charge < -0.3 is 4.52 Å². The van der Waals surface area contributed by atoms with Gasteiger partial charge >= 0.3 is 0 Å². The van der Waals surface area contributed by atoms with E-state index in [1.165, 1.54) is 0 Å². The van der Waals surface area contributed by atoms with Gasteiger partial charge in [-0.25, -0.2) is 4.98 Å². The van der Waals surface area contributed by atoms with Crippen molar-refractivity contribution in [3.05, 3.63) is 41.2 Å². The fraction of sp³-hybridized carbons (Fsp3) is 0.0909. The Morgan fingerprint density at radius 2 is 2.29 bits per heavy atom. The molecule has 17 heavy (non-hydrogen) atoms. The standard InChI is InChI=1S/C11H7ClN2OS2/c12-7-1-2-10-9(5-7)13-11(17-10)16-6-8-3-4-15-14-8/h1-5H,6H2. The summed E-state index contributed by atoms with van der Waals surface area (Å²) in [6.07, 6.45) is 1.58. The third-order valence-corrected chi connectivity index (χ3v) is 4.61. The summed E-state index contributed by atoms with van der Waals surface area (Å²) in [7, 11) is 0. The summed E-state index contributed by atoms with van der Waals surface area (Å²) in [5.74, 6) is 0.768. The van der Waals surface area contributed by atoms with Crippen LogP contribution in [-0.4, -0.2) is 10.1 Å². The van der Waals surface area contributed by atoms with Crippen molar-refractivity contribution >= 4 is 44.9 Å². The van der Waals surface area contributed by atoms with Crippen LogP contribution < -0.4 is 0 Å². The molecule has 86 valence electrons. The van der Waals surface area contributed by atoms with Gasteiger partial charge in [-0.2, -0.15) is 0 Å². The van der Waals surface area contributed by atoms with E-state index in [-0.39, 0.29) is 0 Å². The summed E-state index contributed by atoms with van der Waals surface area (Å²) in [4.78, 5) is 4.51. The first-order valence-electron chi connectivity index (χ1n) is 4.89. The molecule has 0 radical (unpaired) electrons. The van der Waals surface area contributed by atoms with E-state index in [0.717, 1.165) is 31.0 Å². The number of benzene rings is 1. The average Bonchev–Trinajstić information content (AvgIpc) is 2.94. The number of thiazole rings is 1. The van der Waals surface area contributed by atoms with Crippen molar-refractivity contribution in [1.82, 2.24) is 10.1 Å². The number of nitrogens with zero attached hydrogens (tertiary/aromatic N) is 2. The highest BCUT2D eigenvalue weighted by atomic mass is 35.5. The molecule has 0 unspecified atom stereocenters. The summed E-state index contributed by atoms with van der Waals surface area (Å²) in [5, 5.41) is 4.58. The van der Waals surface area contributed by atoms with Gasteiger partial charge in [0, 0.05) is 16.8 Å². The van der Waals surface area contributed by atoms with Crippen molar-refractivity contribution in [2.24, 2.45) is 0 Å². The van der Waals surface area contributed by atoms with E-state index in [1.807, 2.05) is 24.3 Å². The second-order valence-corrected chi connectivity index (χ2v) is 6.06. The van der Waals surface area contributed by atoms with E-state index in [4.69, 9.17) is 16.1 Å². The molecule has 2 aromatic heterocycles. The van der Waals surface area contributed by atoms with Crippen molar-refractivity contribution in [2.75, 3.05) is 0 Å². The van der Waals surface area contributed by atoms with Crippen LogP contribution >= 0.6 is 34.7 Å². The quantitative estimate of drug-likeness (QED) is 0.674. The summed E-state index contributed by atoms with van der Waals surface area (Å²) in [6.45, 7) is 0. The van der Waals surface area contributed by atoms with Gasteiger partial charge in [0.25, 0.3) is 0 Å². The van der Waals surface area contributed by atoms with Gasteiger partial charge in [-0.05, 0) is 18.2 Å². The first-order chi connectivity index (χ1) is 8.31. The monoisotopic (exact) mass is 282 g/mol. The van der Waals surface area contributed by atoms with E-state index in [9.17, 15) is 0 Å². The van der Waals surface area contributed by atoms with Crippen molar-refractivity contribution in [1.29, 1.82) is 0 Å². The average molecular weight is 283 g/mol. The molecule has 0 fully saturated rings. The fourth-order valence-corrected chi connectivity index (χ4v) is 3.50. The first-order valence-corrected chi connectivity index (χ1v) is 7.07. The first kappa shape index (κ1) is 11.1. The highest BCUT2D eigenvalue weighted by molar-refractivity contribution is 8.00. The molecule has 3 nitrogen and oxygen atoms in total. The number of fused-ring (bicyclic) bond motifs is 1. The van der Waals surface area contributed by atoms with Crippen LogP contribution in [0.2, 0.25) is 5.02 Å². The van der Waals surface area contributed by atoms with Crippen LogP contribution in [0.15, 0.2) is 39.4 Å². The molecule has 0 aliphatic carbocycles. The molecule has 0 aliphatic rings. The maximum absolute atomic E-state index is 5.92. The topological polar surface area (TPSA) is 38.9 Å². The molecule has 0 N–H and O–H groups in total. The van der Waals surface area contributed by atoms with Crippen LogP contribution in [0.4, 0.5) is 0 Å². The molecular weight excluding hydrogens is 276 g/mol. The van der Waals surface area contributed by atoms with Crippen LogP contribution in [0.3, 0.4) is 0 Å². The smallest absolute Gasteiger partial charge is 0.151 e. The maximum atomic E-state index is 5.92. The van der Waals surface area contributed by atoms with Gasteiger partial charge in [-0.1, -0.05) is 28.5 Å². The third kappa shape index (κ3) is 2.46. The van der Waals surface area contributed by atoms with Crippen molar-refractivity contribution < 1.29 is 4.52 Å². The van der Waals surface area contributed by atoms with Gasteiger partial charge in [-0.3, -0.25) is 0 Å². The normalized spacial score (nSPS) is 11.1. The zero-order chi connectivity index (χ0) is 11.7. The molecule has 0 atom stereocenters. The van der Waals surface area contributed by atoms with Crippen molar-refractivity contribution in [2.45, 2.75) is 10.1 Å². The van der Waals surface area contributed by atoms with Gasteiger partial charge in [0.05, 0.1) is 15.9 Å². The molecule has 0 saturated heterocycles. The molecule has 0 amide bonds. The zero-order valence-corrected chi connectivity index (χ0v) is 11.0. The molecule has 6 heteroatoms. The Morgan fingerprint density at radius 1 is 1.35 bits per heavy atom. The Labute approximate surface area is 111 Å². The molecular formula is C11H7ClN2OS2. The third-order valence-electron chi connectivity index (χ3n) is 2.16. The van der Waals surface area contributed by atoms with Crippen molar-refractivity contribution in [3.8, 4) is 0 Å². The largest absolute Gasteiger partial charge is 0.364 e. The Hall–Kier alpha value is -1.04. The van der Waals surface area contributed by atoms with Gasteiger partial charge in [0.2, 0.25) is 0 Å². The molecule has 0 aliphatic heterocycles. The highest BCUT2D eigenvalue weighted by Gasteiger charge is 2.06. The highest BCUT2D eigenvalue weighted by Crippen LogP contribution is 2.32. The number of thioether (sulfide) groups is 1. The van der Waals surface area contributed by atoms with Crippen LogP contribution in [0, 0.1) is 0 Å².